The average molecular weight is 394 g/mol. The summed E-state index contributed by atoms with van der Waals surface area (Å²) in [5, 5.41) is 11.1. The molecular weight excluding hydrogens is 378 g/mol. The molecular formula is C18H16ClNO3S2. The molecule has 0 spiro atoms. The van der Waals surface area contributed by atoms with Crippen molar-refractivity contribution in [2.75, 3.05) is 10.9 Å². The van der Waals surface area contributed by atoms with Gasteiger partial charge < -0.3 is 5.11 Å². The summed E-state index contributed by atoms with van der Waals surface area (Å²) in [5.74, 6) is 0. The Balaban J connectivity index is 1.93. The molecule has 130 valence electrons. The molecule has 4 nitrogen and oxygen atoms in total. The van der Waals surface area contributed by atoms with Crippen molar-refractivity contribution in [1.29, 1.82) is 0 Å². The molecule has 4 rings (SSSR count). The maximum atomic E-state index is 13.5. The van der Waals surface area contributed by atoms with Gasteiger partial charge in [0.1, 0.15) is 4.21 Å². The third-order valence-corrected chi connectivity index (χ3v) is 8.62. The quantitative estimate of drug-likeness (QED) is 0.732. The Bertz CT molecular complexity index is 1080. The number of nitrogens with zero attached hydrogens (tertiary/aromatic N) is 1. The SMILES string of the molecule is Cc1c(S(=O)(=O)N2c3ccccc3C[C@@H]2CO)sc2cccc(Cl)c12. The molecule has 1 aliphatic rings. The minimum atomic E-state index is -3.79. The van der Waals surface area contributed by atoms with Gasteiger partial charge in [0.25, 0.3) is 10.0 Å². The Hall–Kier alpha value is -1.60. The molecule has 2 aromatic carbocycles. The Morgan fingerprint density at radius 1 is 1.24 bits per heavy atom. The summed E-state index contributed by atoms with van der Waals surface area (Å²) in [6, 6.07) is 12.4. The van der Waals surface area contributed by atoms with Crippen LogP contribution in [-0.2, 0) is 16.4 Å². The molecule has 0 saturated carbocycles. The zero-order chi connectivity index (χ0) is 17.8. The van der Waals surface area contributed by atoms with Gasteiger partial charge in [-0.15, -0.1) is 11.3 Å². The molecule has 25 heavy (non-hydrogen) atoms. The van der Waals surface area contributed by atoms with Crippen molar-refractivity contribution in [1.82, 2.24) is 0 Å². The summed E-state index contributed by atoms with van der Waals surface area (Å²) in [4.78, 5) is 0. The van der Waals surface area contributed by atoms with Crippen molar-refractivity contribution in [3.63, 3.8) is 0 Å². The number of para-hydroxylation sites is 1. The van der Waals surface area contributed by atoms with Crippen LogP contribution in [0.15, 0.2) is 46.7 Å². The number of rotatable bonds is 3. The van der Waals surface area contributed by atoms with E-state index >= 15 is 0 Å². The molecule has 1 aromatic heterocycles. The van der Waals surface area contributed by atoms with Crippen LogP contribution in [0.25, 0.3) is 10.1 Å². The number of anilines is 1. The number of aliphatic hydroxyl groups is 1. The number of fused-ring (bicyclic) bond motifs is 2. The molecule has 7 heteroatoms. The largest absolute Gasteiger partial charge is 0.394 e. The fourth-order valence-electron chi connectivity index (χ4n) is 3.46. The number of aliphatic hydroxyl groups excluding tert-OH is 1. The third-order valence-electron chi connectivity index (χ3n) is 4.58. The minimum absolute atomic E-state index is 0.224. The minimum Gasteiger partial charge on any atom is -0.394 e. The number of benzene rings is 2. The summed E-state index contributed by atoms with van der Waals surface area (Å²) < 4.78 is 29.4. The van der Waals surface area contributed by atoms with Gasteiger partial charge in [-0.3, -0.25) is 4.31 Å². The molecule has 0 unspecified atom stereocenters. The van der Waals surface area contributed by atoms with Gasteiger partial charge in [0, 0.05) is 15.1 Å². The summed E-state index contributed by atoms with van der Waals surface area (Å²) in [5.41, 5.74) is 2.23. The van der Waals surface area contributed by atoms with Gasteiger partial charge in [-0.25, -0.2) is 8.42 Å². The Morgan fingerprint density at radius 2 is 2.00 bits per heavy atom. The van der Waals surface area contributed by atoms with E-state index in [2.05, 4.69) is 0 Å². The molecule has 1 N–H and O–H groups in total. The lowest BCUT2D eigenvalue weighted by Gasteiger charge is -2.25. The van der Waals surface area contributed by atoms with Crippen LogP contribution in [0.4, 0.5) is 5.69 Å². The topological polar surface area (TPSA) is 57.6 Å². The second-order valence-corrected chi connectivity index (χ2v) is 9.57. The molecule has 0 aliphatic carbocycles. The lowest BCUT2D eigenvalue weighted by molar-refractivity contribution is 0.270. The highest BCUT2D eigenvalue weighted by Gasteiger charge is 2.39. The molecule has 2 heterocycles. The fraction of sp³-hybridized carbons (Fsp3) is 0.222. The van der Waals surface area contributed by atoms with E-state index in [1.807, 2.05) is 30.3 Å². The highest BCUT2D eigenvalue weighted by Crippen LogP contribution is 2.43. The van der Waals surface area contributed by atoms with Crippen molar-refractivity contribution in [3.8, 4) is 0 Å². The Kier molecular flexibility index (Phi) is 4.03. The van der Waals surface area contributed by atoms with E-state index in [4.69, 9.17) is 11.6 Å². The maximum Gasteiger partial charge on any atom is 0.274 e. The predicted octanol–water partition coefficient (Wildman–Crippen LogP) is 3.98. The molecule has 3 aromatic rings. The van der Waals surface area contributed by atoms with E-state index in [9.17, 15) is 13.5 Å². The lowest BCUT2D eigenvalue weighted by Crippen LogP contribution is -2.39. The summed E-state index contributed by atoms with van der Waals surface area (Å²) in [6.07, 6.45) is 0.511. The first-order valence-corrected chi connectivity index (χ1v) is 10.5. The van der Waals surface area contributed by atoms with Gasteiger partial charge in [0.2, 0.25) is 0 Å². The highest BCUT2D eigenvalue weighted by molar-refractivity contribution is 7.95. The van der Waals surface area contributed by atoms with Crippen molar-refractivity contribution in [2.24, 2.45) is 0 Å². The first kappa shape index (κ1) is 16.8. The van der Waals surface area contributed by atoms with Crippen LogP contribution in [0.2, 0.25) is 5.02 Å². The number of hydrogen-bond donors (Lipinski definition) is 1. The van der Waals surface area contributed by atoms with E-state index in [1.54, 1.807) is 19.1 Å². The smallest absolute Gasteiger partial charge is 0.274 e. The van der Waals surface area contributed by atoms with Gasteiger partial charge >= 0.3 is 0 Å². The molecule has 0 radical (unpaired) electrons. The Morgan fingerprint density at radius 3 is 2.72 bits per heavy atom. The van der Waals surface area contributed by atoms with Crippen LogP contribution in [0.3, 0.4) is 0 Å². The van der Waals surface area contributed by atoms with Gasteiger partial charge in [-0.1, -0.05) is 35.9 Å². The zero-order valence-electron chi connectivity index (χ0n) is 13.4. The van der Waals surface area contributed by atoms with Crippen LogP contribution in [-0.4, -0.2) is 26.2 Å². The van der Waals surface area contributed by atoms with Gasteiger partial charge in [0.15, 0.2) is 0 Å². The molecule has 0 amide bonds. The summed E-state index contributed by atoms with van der Waals surface area (Å²) in [6.45, 7) is 1.56. The average Bonchev–Trinajstić information content (AvgIpc) is 3.14. The molecule has 0 saturated heterocycles. The normalized spacial score (nSPS) is 17.2. The van der Waals surface area contributed by atoms with E-state index in [-0.39, 0.29) is 10.8 Å². The third kappa shape index (κ3) is 2.47. The number of thiophene rings is 1. The fourth-order valence-corrected chi connectivity index (χ4v) is 7.37. The summed E-state index contributed by atoms with van der Waals surface area (Å²) >= 11 is 7.50. The molecule has 1 aliphatic heterocycles. The first-order chi connectivity index (χ1) is 11.9. The molecule has 1 atom stereocenters. The van der Waals surface area contributed by atoms with E-state index < -0.39 is 16.1 Å². The van der Waals surface area contributed by atoms with Gasteiger partial charge in [0.05, 0.1) is 18.3 Å². The van der Waals surface area contributed by atoms with Crippen LogP contribution in [0.5, 0.6) is 0 Å². The second-order valence-electron chi connectivity index (χ2n) is 6.10. The van der Waals surface area contributed by atoms with Crippen molar-refractivity contribution >= 4 is 48.7 Å². The Labute approximate surface area is 155 Å². The van der Waals surface area contributed by atoms with Crippen molar-refractivity contribution < 1.29 is 13.5 Å². The van der Waals surface area contributed by atoms with Crippen LogP contribution >= 0.6 is 22.9 Å². The van der Waals surface area contributed by atoms with E-state index in [0.717, 1.165) is 15.6 Å². The van der Waals surface area contributed by atoms with E-state index in [0.29, 0.717) is 22.7 Å². The van der Waals surface area contributed by atoms with Crippen LogP contribution in [0, 0.1) is 6.92 Å². The van der Waals surface area contributed by atoms with Crippen LogP contribution < -0.4 is 4.31 Å². The summed E-state index contributed by atoms with van der Waals surface area (Å²) in [7, 11) is -3.79. The van der Waals surface area contributed by atoms with Crippen LogP contribution in [0.1, 0.15) is 11.1 Å². The van der Waals surface area contributed by atoms with Crippen molar-refractivity contribution in [3.05, 3.63) is 58.6 Å². The predicted molar refractivity (Wildman–Crippen MR) is 102 cm³/mol. The number of halogens is 1. The first-order valence-electron chi connectivity index (χ1n) is 7.86. The highest BCUT2D eigenvalue weighted by atomic mass is 35.5. The second kappa shape index (κ2) is 5.99. The number of sulfonamides is 1. The number of aryl methyl sites for hydroxylation is 1. The maximum absolute atomic E-state index is 13.5. The van der Waals surface area contributed by atoms with Gasteiger partial charge in [-0.05, 0) is 42.7 Å². The molecule has 0 fully saturated rings. The monoisotopic (exact) mass is 393 g/mol. The standard InChI is InChI=1S/C18H16ClNO3S2/c1-11-17-14(19)6-4-8-16(17)24-18(11)25(22,23)20-13(10-21)9-12-5-2-3-7-15(12)20/h2-8,13,21H,9-10H2,1H3/t13-/m1/s1. The lowest BCUT2D eigenvalue weighted by atomic mass is 10.1. The zero-order valence-corrected chi connectivity index (χ0v) is 15.8. The van der Waals surface area contributed by atoms with E-state index in [1.165, 1.54) is 15.6 Å². The number of hydrogen-bond acceptors (Lipinski definition) is 4. The van der Waals surface area contributed by atoms with Gasteiger partial charge in [-0.2, -0.15) is 0 Å². The molecule has 0 bridgehead atoms. The van der Waals surface area contributed by atoms with Crippen molar-refractivity contribution in [2.45, 2.75) is 23.6 Å².